The lowest BCUT2D eigenvalue weighted by Crippen LogP contribution is -1.82. The van der Waals surface area contributed by atoms with Crippen LogP contribution in [0.3, 0.4) is 0 Å². The van der Waals surface area contributed by atoms with Gasteiger partial charge in [0.2, 0.25) is 0 Å². The van der Waals surface area contributed by atoms with Crippen molar-refractivity contribution in [3.05, 3.63) is 28.8 Å². The van der Waals surface area contributed by atoms with E-state index in [1.807, 2.05) is 0 Å². The maximum Gasteiger partial charge on any atom is 0.128 e. The molecule has 78 valence electrons. The highest BCUT2D eigenvalue weighted by Gasteiger charge is 2.14. The van der Waals surface area contributed by atoms with Crippen LogP contribution in [0.4, 0.5) is 0 Å². The monoisotopic (exact) mass is 224 g/mol. The number of fused-ring (bicyclic) bond motifs is 1. The predicted molar refractivity (Wildman–Crippen MR) is 58.7 cm³/mol. The van der Waals surface area contributed by atoms with Crippen molar-refractivity contribution in [2.45, 2.75) is 6.92 Å². The molecule has 0 unspecified atom stereocenters. The third-order valence-corrected chi connectivity index (χ3v) is 2.67. The molecule has 0 saturated carbocycles. The van der Waals surface area contributed by atoms with Gasteiger partial charge < -0.3 is 15.3 Å². The van der Waals surface area contributed by atoms with Crippen LogP contribution in [0, 0.1) is 6.92 Å². The van der Waals surface area contributed by atoms with Gasteiger partial charge in [-0.05, 0) is 30.7 Å². The summed E-state index contributed by atoms with van der Waals surface area (Å²) in [7, 11) is 0. The fraction of sp³-hybridized carbons (Fsp3) is 0.0909. The van der Waals surface area contributed by atoms with Gasteiger partial charge in [0.25, 0.3) is 0 Å². The number of phenols is 3. The van der Waals surface area contributed by atoms with Crippen LogP contribution in [0.15, 0.2) is 18.2 Å². The van der Waals surface area contributed by atoms with Crippen molar-refractivity contribution in [2.75, 3.05) is 0 Å². The Morgan fingerprint density at radius 2 is 1.67 bits per heavy atom. The predicted octanol–water partition coefficient (Wildman–Crippen LogP) is 2.92. The number of hydrogen-bond donors (Lipinski definition) is 3. The van der Waals surface area contributed by atoms with Crippen LogP contribution >= 0.6 is 11.6 Å². The van der Waals surface area contributed by atoms with E-state index in [-0.39, 0.29) is 28.0 Å². The summed E-state index contributed by atoms with van der Waals surface area (Å²) in [4.78, 5) is 0. The fourth-order valence-electron chi connectivity index (χ4n) is 1.60. The largest absolute Gasteiger partial charge is 0.507 e. The van der Waals surface area contributed by atoms with E-state index in [9.17, 15) is 15.3 Å². The van der Waals surface area contributed by atoms with Gasteiger partial charge in [-0.2, -0.15) is 0 Å². The number of halogens is 1. The first-order valence-electron chi connectivity index (χ1n) is 4.35. The van der Waals surface area contributed by atoms with E-state index in [0.717, 1.165) is 0 Å². The topological polar surface area (TPSA) is 60.7 Å². The second-order valence-electron chi connectivity index (χ2n) is 3.38. The molecule has 0 aliphatic heterocycles. The zero-order chi connectivity index (χ0) is 11.2. The summed E-state index contributed by atoms with van der Waals surface area (Å²) in [5.74, 6) is -0.230. The Bertz CT molecular complexity index is 549. The van der Waals surface area contributed by atoms with Gasteiger partial charge >= 0.3 is 0 Å². The summed E-state index contributed by atoms with van der Waals surface area (Å²) in [5.41, 5.74) is 0.507. The van der Waals surface area contributed by atoms with Crippen molar-refractivity contribution in [3.8, 4) is 17.2 Å². The number of aromatic hydroxyl groups is 3. The molecule has 0 atom stereocenters. The molecule has 2 aromatic carbocycles. The molecule has 0 bridgehead atoms. The van der Waals surface area contributed by atoms with Crippen molar-refractivity contribution in [2.24, 2.45) is 0 Å². The minimum Gasteiger partial charge on any atom is -0.507 e. The highest BCUT2D eigenvalue weighted by molar-refractivity contribution is 6.36. The van der Waals surface area contributed by atoms with E-state index in [2.05, 4.69) is 0 Å². The Labute approximate surface area is 91.2 Å². The molecule has 2 rings (SSSR count). The molecule has 0 aromatic heterocycles. The molecule has 0 amide bonds. The van der Waals surface area contributed by atoms with Gasteiger partial charge in [-0.25, -0.2) is 0 Å². The van der Waals surface area contributed by atoms with E-state index < -0.39 is 0 Å². The minimum atomic E-state index is -0.109. The average Bonchev–Trinajstić information content (AvgIpc) is 2.18. The highest BCUT2D eigenvalue weighted by atomic mass is 35.5. The highest BCUT2D eigenvalue weighted by Crippen LogP contribution is 2.43. The molecule has 0 saturated heterocycles. The standard InChI is InChI=1S/C11H9ClO3/c1-5-4-8(14)10-7(13)3-2-6(12)9(10)11(5)15/h2-4,13-15H,1H3. The summed E-state index contributed by atoms with van der Waals surface area (Å²) in [6.45, 7) is 1.65. The van der Waals surface area contributed by atoms with Crippen molar-refractivity contribution in [3.63, 3.8) is 0 Å². The molecule has 0 spiro atoms. The molecular weight excluding hydrogens is 216 g/mol. The number of hydrogen-bond acceptors (Lipinski definition) is 3. The van der Waals surface area contributed by atoms with E-state index in [1.165, 1.54) is 18.2 Å². The third-order valence-electron chi connectivity index (χ3n) is 2.35. The first kappa shape index (κ1) is 9.93. The smallest absolute Gasteiger partial charge is 0.128 e. The van der Waals surface area contributed by atoms with E-state index in [4.69, 9.17) is 11.6 Å². The summed E-state index contributed by atoms with van der Waals surface area (Å²) >= 11 is 5.90. The van der Waals surface area contributed by atoms with Gasteiger partial charge in [0.05, 0.1) is 10.4 Å². The third kappa shape index (κ3) is 1.36. The Hall–Kier alpha value is -1.61. The van der Waals surface area contributed by atoms with Gasteiger partial charge in [-0.15, -0.1) is 0 Å². The van der Waals surface area contributed by atoms with Crippen molar-refractivity contribution in [1.82, 2.24) is 0 Å². The van der Waals surface area contributed by atoms with Crippen LogP contribution in [0.25, 0.3) is 10.8 Å². The fourth-order valence-corrected chi connectivity index (χ4v) is 1.85. The van der Waals surface area contributed by atoms with Crippen LogP contribution in [0.5, 0.6) is 17.2 Å². The van der Waals surface area contributed by atoms with Crippen LogP contribution in [0.2, 0.25) is 5.02 Å². The van der Waals surface area contributed by atoms with Gasteiger partial charge in [0.1, 0.15) is 17.2 Å². The van der Waals surface area contributed by atoms with Crippen molar-refractivity contribution in [1.29, 1.82) is 0 Å². The summed E-state index contributed by atoms with van der Waals surface area (Å²) < 4.78 is 0. The number of phenolic OH excluding ortho intramolecular Hbond substituents is 3. The Balaban J connectivity index is 3.08. The second kappa shape index (κ2) is 3.21. The first-order valence-corrected chi connectivity index (χ1v) is 4.73. The molecule has 0 heterocycles. The maximum absolute atomic E-state index is 9.78. The Kier molecular flexibility index (Phi) is 2.12. The summed E-state index contributed by atoms with van der Waals surface area (Å²) in [5, 5.41) is 29.7. The molecule has 3 N–H and O–H groups in total. The molecule has 3 nitrogen and oxygen atoms in total. The van der Waals surface area contributed by atoms with Gasteiger partial charge in [-0.3, -0.25) is 0 Å². The number of rotatable bonds is 0. The van der Waals surface area contributed by atoms with Crippen molar-refractivity contribution < 1.29 is 15.3 Å². The van der Waals surface area contributed by atoms with Crippen LogP contribution in [-0.2, 0) is 0 Å². The van der Waals surface area contributed by atoms with Gasteiger partial charge in [0.15, 0.2) is 0 Å². The molecule has 0 aliphatic carbocycles. The summed E-state index contributed by atoms with van der Waals surface area (Å²) in [6, 6.07) is 4.23. The van der Waals surface area contributed by atoms with Gasteiger partial charge in [0, 0.05) is 5.39 Å². The quantitative estimate of drug-likeness (QED) is 0.603. The molecule has 15 heavy (non-hydrogen) atoms. The summed E-state index contributed by atoms with van der Waals surface area (Å²) in [6.07, 6.45) is 0. The minimum absolute atomic E-state index is 0.0244. The molecule has 4 heteroatoms. The SMILES string of the molecule is Cc1cc(O)c2c(O)ccc(Cl)c2c1O. The molecule has 0 radical (unpaired) electrons. The normalized spacial score (nSPS) is 10.8. The maximum atomic E-state index is 9.78. The molecule has 2 aromatic rings. The van der Waals surface area contributed by atoms with E-state index >= 15 is 0 Å². The van der Waals surface area contributed by atoms with E-state index in [1.54, 1.807) is 6.92 Å². The zero-order valence-electron chi connectivity index (χ0n) is 7.95. The van der Waals surface area contributed by atoms with Crippen LogP contribution in [0.1, 0.15) is 5.56 Å². The number of aryl methyl sites for hydroxylation is 1. The van der Waals surface area contributed by atoms with E-state index in [0.29, 0.717) is 10.6 Å². The first-order chi connectivity index (χ1) is 7.02. The lowest BCUT2D eigenvalue weighted by atomic mass is 10.0. The van der Waals surface area contributed by atoms with Crippen LogP contribution < -0.4 is 0 Å². The van der Waals surface area contributed by atoms with Crippen molar-refractivity contribution >= 4 is 22.4 Å². The second-order valence-corrected chi connectivity index (χ2v) is 3.78. The lowest BCUT2D eigenvalue weighted by Gasteiger charge is -2.09. The number of benzene rings is 2. The van der Waals surface area contributed by atoms with Crippen LogP contribution in [-0.4, -0.2) is 15.3 Å². The average molecular weight is 225 g/mol. The Morgan fingerprint density at radius 1 is 1.00 bits per heavy atom. The lowest BCUT2D eigenvalue weighted by molar-refractivity contribution is 0.455. The van der Waals surface area contributed by atoms with Gasteiger partial charge in [-0.1, -0.05) is 11.6 Å². The molecular formula is C11H9ClO3. The zero-order valence-corrected chi connectivity index (χ0v) is 8.71. The molecule has 0 aliphatic rings. The molecule has 0 fully saturated rings. The Morgan fingerprint density at radius 3 is 2.33 bits per heavy atom.